The van der Waals surface area contributed by atoms with Crippen molar-refractivity contribution in [3.63, 3.8) is 0 Å². The molecule has 0 fully saturated rings. The molecule has 140 valence electrons. The second-order valence-electron chi connectivity index (χ2n) is 7.72. The van der Waals surface area contributed by atoms with Crippen LogP contribution >= 0.6 is 0 Å². The number of nitrogens with one attached hydrogen (secondary N) is 1. The average molecular weight is 384 g/mol. The molecule has 0 aliphatic heterocycles. The molecule has 3 nitrogen and oxygen atoms in total. The highest BCUT2D eigenvalue weighted by Gasteiger charge is 2.20. The lowest BCUT2D eigenvalue weighted by atomic mass is 10.0. The number of furan rings is 1. The summed E-state index contributed by atoms with van der Waals surface area (Å²) in [5.74, 6) is 0. The van der Waals surface area contributed by atoms with E-state index in [-0.39, 0.29) is 0 Å². The maximum absolute atomic E-state index is 6.40. The van der Waals surface area contributed by atoms with Gasteiger partial charge in [-0.25, -0.2) is 4.98 Å². The van der Waals surface area contributed by atoms with Gasteiger partial charge in [0.2, 0.25) is 5.71 Å². The zero-order valence-corrected chi connectivity index (χ0v) is 16.0. The second-order valence-corrected chi connectivity index (χ2v) is 7.72. The lowest BCUT2D eigenvalue weighted by molar-refractivity contribution is 0.657. The minimum absolute atomic E-state index is 0.693. The number of hydrogen-bond donors (Lipinski definition) is 1. The first-order valence-electron chi connectivity index (χ1n) is 10.1. The van der Waals surface area contributed by atoms with Gasteiger partial charge in [-0.15, -0.1) is 0 Å². The summed E-state index contributed by atoms with van der Waals surface area (Å²) in [5, 5.41) is 6.92. The quantitative estimate of drug-likeness (QED) is 0.320. The molecule has 1 N–H and O–H groups in total. The molecule has 3 heterocycles. The van der Waals surface area contributed by atoms with Gasteiger partial charge in [-0.05, 0) is 29.0 Å². The number of H-pyrrole nitrogens is 1. The molecule has 0 amide bonds. The maximum Gasteiger partial charge on any atom is 0.228 e. The van der Waals surface area contributed by atoms with Crippen molar-refractivity contribution < 1.29 is 4.42 Å². The molecule has 4 aromatic carbocycles. The summed E-state index contributed by atoms with van der Waals surface area (Å²) >= 11 is 0. The van der Waals surface area contributed by atoms with Crippen LogP contribution in [-0.4, -0.2) is 9.97 Å². The molecule has 0 unspecified atom stereocenters. The predicted octanol–water partition coefficient (Wildman–Crippen LogP) is 7.44. The van der Waals surface area contributed by atoms with Gasteiger partial charge >= 0.3 is 0 Å². The SMILES string of the molecule is c1ccc2cc(-c3[nH]c4ccccc4c4c3oc3nc5ccccc5c34)ccc2c1. The van der Waals surface area contributed by atoms with Gasteiger partial charge in [0.05, 0.1) is 16.6 Å². The largest absolute Gasteiger partial charge is 0.435 e. The Labute approximate surface area is 171 Å². The first-order chi connectivity index (χ1) is 14.9. The Hall–Kier alpha value is -4.11. The van der Waals surface area contributed by atoms with Crippen LogP contribution in [0.1, 0.15) is 0 Å². The number of hydrogen-bond acceptors (Lipinski definition) is 2. The molecule has 7 aromatic rings. The summed E-state index contributed by atoms with van der Waals surface area (Å²) in [4.78, 5) is 8.39. The number of aromatic nitrogens is 2. The molecule has 0 spiro atoms. The molecule has 0 aliphatic rings. The summed E-state index contributed by atoms with van der Waals surface area (Å²) in [5.41, 5.74) is 5.69. The van der Waals surface area contributed by atoms with E-state index < -0.39 is 0 Å². The highest BCUT2D eigenvalue weighted by Crippen LogP contribution is 2.42. The van der Waals surface area contributed by atoms with E-state index in [0.29, 0.717) is 5.71 Å². The standard InChI is InChI=1S/C27H16N2O/c1-2-8-17-15-18(14-13-16(17)7-1)25-26-23(19-9-3-5-11-21(19)28-25)24-20-10-4-6-12-22(20)29-27(24)30-26/h1-15,28H. The molecule has 0 atom stereocenters. The minimum Gasteiger partial charge on any atom is -0.435 e. The van der Waals surface area contributed by atoms with Crippen LogP contribution in [0.2, 0.25) is 0 Å². The van der Waals surface area contributed by atoms with E-state index in [0.717, 1.165) is 49.4 Å². The van der Waals surface area contributed by atoms with Crippen LogP contribution in [0.25, 0.3) is 65.9 Å². The zero-order valence-electron chi connectivity index (χ0n) is 16.0. The molecule has 0 saturated heterocycles. The van der Waals surface area contributed by atoms with Crippen LogP contribution in [0, 0.1) is 0 Å². The number of fused-ring (bicyclic) bond motifs is 8. The van der Waals surface area contributed by atoms with E-state index in [4.69, 9.17) is 9.40 Å². The summed E-state index contributed by atoms with van der Waals surface area (Å²) in [6, 6.07) is 31.6. The van der Waals surface area contributed by atoms with Crippen LogP contribution < -0.4 is 0 Å². The van der Waals surface area contributed by atoms with Gasteiger partial charge in [-0.3, -0.25) is 0 Å². The topological polar surface area (TPSA) is 41.8 Å². The molecule has 0 radical (unpaired) electrons. The Bertz CT molecular complexity index is 1750. The van der Waals surface area contributed by atoms with E-state index in [1.165, 1.54) is 10.8 Å². The third-order valence-electron chi connectivity index (χ3n) is 6.01. The smallest absolute Gasteiger partial charge is 0.228 e. The Morgan fingerprint density at radius 1 is 0.667 bits per heavy atom. The van der Waals surface area contributed by atoms with Gasteiger partial charge in [-0.2, -0.15) is 0 Å². The molecule has 7 rings (SSSR count). The summed E-state index contributed by atoms with van der Waals surface area (Å²) in [7, 11) is 0. The fraction of sp³-hybridized carbons (Fsp3) is 0. The molecule has 0 aliphatic carbocycles. The Balaban J connectivity index is 1.68. The van der Waals surface area contributed by atoms with Crippen molar-refractivity contribution in [3.8, 4) is 11.3 Å². The fourth-order valence-electron chi connectivity index (χ4n) is 4.62. The van der Waals surface area contributed by atoms with E-state index in [1.54, 1.807) is 0 Å². The molecule has 3 heteroatoms. The lowest BCUT2D eigenvalue weighted by Crippen LogP contribution is -1.88. The molecular formula is C27H16N2O. The van der Waals surface area contributed by atoms with Gasteiger partial charge in [0.1, 0.15) is 0 Å². The van der Waals surface area contributed by atoms with Crippen molar-refractivity contribution in [3.05, 3.63) is 91.0 Å². The van der Waals surface area contributed by atoms with Crippen LogP contribution in [-0.2, 0) is 0 Å². The Kier molecular flexibility index (Phi) is 3.00. The van der Waals surface area contributed by atoms with Crippen LogP contribution in [0.3, 0.4) is 0 Å². The monoisotopic (exact) mass is 384 g/mol. The summed E-state index contributed by atoms with van der Waals surface area (Å²) in [6.45, 7) is 0. The van der Waals surface area contributed by atoms with Crippen molar-refractivity contribution in [1.82, 2.24) is 9.97 Å². The fourth-order valence-corrected chi connectivity index (χ4v) is 4.62. The van der Waals surface area contributed by atoms with Gasteiger partial charge in [0.25, 0.3) is 0 Å². The van der Waals surface area contributed by atoms with E-state index in [2.05, 4.69) is 83.8 Å². The van der Waals surface area contributed by atoms with Crippen LogP contribution in [0.15, 0.2) is 95.4 Å². The van der Waals surface area contributed by atoms with Crippen molar-refractivity contribution in [1.29, 1.82) is 0 Å². The maximum atomic E-state index is 6.40. The average Bonchev–Trinajstić information content (AvgIpc) is 3.34. The van der Waals surface area contributed by atoms with Crippen LogP contribution in [0.4, 0.5) is 0 Å². The first kappa shape index (κ1) is 15.8. The van der Waals surface area contributed by atoms with Crippen molar-refractivity contribution in [2.75, 3.05) is 0 Å². The third-order valence-corrected chi connectivity index (χ3v) is 6.01. The third kappa shape index (κ3) is 2.06. The van der Waals surface area contributed by atoms with Gasteiger partial charge in [0.15, 0.2) is 5.58 Å². The van der Waals surface area contributed by atoms with Crippen LogP contribution in [0.5, 0.6) is 0 Å². The van der Waals surface area contributed by atoms with Crippen molar-refractivity contribution >= 4 is 54.6 Å². The molecule has 30 heavy (non-hydrogen) atoms. The zero-order chi connectivity index (χ0) is 19.7. The van der Waals surface area contributed by atoms with E-state index in [9.17, 15) is 0 Å². The Morgan fingerprint density at radius 3 is 2.37 bits per heavy atom. The highest BCUT2D eigenvalue weighted by atomic mass is 16.3. The van der Waals surface area contributed by atoms with Crippen molar-refractivity contribution in [2.24, 2.45) is 0 Å². The van der Waals surface area contributed by atoms with Gasteiger partial charge in [0, 0.05) is 27.2 Å². The predicted molar refractivity (Wildman–Crippen MR) is 124 cm³/mol. The number of aromatic amines is 1. The number of pyridine rings is 1. The molecule has 0 saturated carbocycles. The molecule has 3 aromatic heterocycles. The lowest BCUT2D eigenvalue weighted by Gasteiger charge is -2.09. The van der Waals surface area contributed by atoms with Crippen molar-refractivity contribution in [2.45, 2.75) is 0 Å². The highest BCUT2D eigenvalue weighted by molar-refractivity contribution is 6.27. The van der Waals surface area contributed by atoms with E-state index in [1.807, 2.05) is 12.1 Å². The number of rotatable bonds is 1. The number of nitrogens with zero attached hydrogens (tertiary/aromatic N) is 1. The summed E-state index contributed by atoms with van der Waals surface area (Å²) in [6.07, 6.45) is 0. The second kappa shape index (κ2) is 5.71. The van der Waals surface area contributed by atoms with Gasteiger partial charge < -0.3 is 9.40 Å². The minimum atomic E-state index is 0.693. The molecule has 0 bridgehead atoms. The van der Waals surface area contributed by atoms with Gasteiger partial charge in [-0.1, -0.05) is 72.8 Å². The number of benzene rings is 4. The number of para-hydroxylation sites is 2. The first-order valence-corrected chi connectivity index (χ1v) is 10.1. The summed E-state index contributed by atoms with van der Waals surface area (Å²) < 4.78 is 6.40. The van der Waals surface area contributed by atoms with E-state index >= 15 is 0 Å². The normalized spacial score (nSPS) is 12.0. The molecular weight excluding hydrogens is 368 g/mol. The Morgan fingerprint density at radius 2 is 1.43 bits per heavy atom.